The summed E-state index contributed by atoms with van der Waals surface area (Å²) in [5.41, 5.74) is 0.890. The van der Waals surface area contributed by atoms with Gasteiger partial charge in [0.05, 0.1) is 18.2 Å². The summed E-state index contributed by atoms with van der Waals surface area (Å²) in [4.78, 5) is 30.6. The van der Waals surface area contributed by atoms with E-state index in [0.29, 0.717) is 36.8 Å². The van der Waals surface area contributed by atoms with Crippen LogP contribution in [0.25, 0.3) is 10.9 Å². The molecule has 1 aliphatic carbocycles. The first-order valence-electron chi connectivity index (χ1n) is 12.7. The van der Waals surface area contributed by atoms with Gasteiger partial charge in [0.15, 0.2) is 0 Å². The number of nitrogens with zero attached hydrogens (tertiary/aromatic N) is 2. The van der Waals surface area contributed by atoms with Crippen LogP contribution in [0.4, 0.5) is 5.82 Å². The molecule has 0 radical (unpaired) electrons. The molecule has 182 valence electrons. The molecule has 4 unspecified atom stereocenters. The van der Waals surface area contributed by atoms with Crippen LogP contribution in [0.15, 0.2) is 36.4 Å². The molecule has 8 nitrogen and oxygen atoms in total. The Hall–Kier alpha value is -2.55. The van der Waals surface area contributed by atoms with Gasteiger partial charge in [-0.15, -0.1) is 0 Å². The van der Waals surface area contributed by atoms with E-state index in [-0.39, 0.29) is 18.1 Å². The molecule has 1 aromatic heterocycles. The Labute approximate surface area is 200 Å². The Bertz CT molecular complexity index is 1010. The van der Waals surface area contributed by atoms with Gasteiger partial charge in [-0.3, -0.25) is 19.8 Å². The molecule has 3 fully saturated rings. The second kappa shape index (κ2) is 10.8. The first-order chi connectivity index (χ1) is 16.6. The maximum Gasteiger partial charge on any atom is 0.236 e. The summed E-state index contributed by atoms with van der Waals surface area (Å²) in [6.45, 7) is 2.26. The van der Waals surface area contributed by atoms with Gasteiger partial charge in [0, 0.05) is 31.0 Å². The zero-order chi connectivity index (χ0) is 23.3. The Morgan fingerprint density at radius 3 is 2.94 bits per heavy atom. The number of anilines is 1. The van der Waals surface area contributed by atoms with E-state index < -0.39 is 0 Å². The van der Waals surface area contributed by atoms with Gasteiger partial charge >= 0.3 is 0 Å². The summed E-state index contributed by atoms with van der Waals surface area (Å²) >= 11 is 0. The highest BCUT2D eigenvalue weighted by Gasteiger charge is 2.42. The zero-order valence-electron chi connectivity index (χ0n) is 19.7. The van der Waals surface area contributed by atoms with Crippen molar-refractivity contribution in [2.75, 3.05) is 25.0 Å². The fourth-order valence-corrected chi connectivity index (χ4v) is 5.51. The van der Waals surface area contributed by atoms with Crippen LogP contribution in [0.2, 0.25) is 0 Å². The molecule has 8 heteroatoms. The van der Waals surface area contributed by atoms with Gasteiger partial charge < -0.3 is 15.4 Å². The van der Waals surface area contributed by atoms with Gasteiger partial charge in [-0.25, -0.2) is 4.98 Å². The van der Waals surface area contributed by atoms with Crippen molar-refractivity contribution in [3.8, 4) is 0 Å². The number of benzene rings is 1. The summed E-state index contributed by atoms with van der Waals surface area (Å²) in [5.74, 6) is 1.31. The lowest BCUT2D eigenvalue weighted by atomic mass is 9.81. The van der Waals surface area contributed by atoms with E-state index in [2.05, 4.69) is 25.8 Å². The molecule has 2 saturated heterocycles. The number of fused-ring (bicyclic) bond motifs is 3. The Morgan fingerprint density at radius 1 is 1.12 bits per heavy atom. The number of para-hydroxylation sites is 1. The molecule has 2 aromatic rings. The number of rotatable bonds is 9. The average Bonchev–Trinajstić information content (AvgIpc) is 3.20. The van der Waals surface area contributed by atoms with Crippen LogP contribution in [0, 0.1) is 5.92 Å². The van der Waals surface area contributed by atoms with Crippen molar-refractivity contribution in [3.05, 3.63) is 36.4 Å². The maximum absolute atomic E-state index is 12.2. The molecule has 2 aliphatic heterocycles. The second-order valence-electron chi connectivity index (χ2n) is 9.84. The fourth-order valence-electron chi connectivity index (χ4n) is 5.51. The predicted molar refractivity (Wildman–Crippen MR) is 131 cm³/mol. The highest BCUT2D eigenvalue weighted by molar-refractivity contribution is 5.91. The number of ether oxygens (including phenoxy) is 1. The van der Waals surface area contributed by atoms with Gasteiger partial charge in [0.25, 0.3) is 0 Å². The summed E-state index contributed by atoms with van der Waals surface area (Å²) in [7, 11) is 0. The van der Waals surface area contributed by atoms with E-state index in [1.807, 2.05) is 36.4 Å². The molecule has 3 N–H and O–H groups in total. The predicted octanol–water partition coefficient (Wildman–Crippen LogP) is 3.00. The molecule has 0 spiro atoms. The van der Waals surface area contributed by atoms with Crippen molar-refractivity contribution in [2.24, 2.45) is 5.92 Å². The smallest absolute Gasteiger partial charge is 0.236 e. The number of hydrogen-bond donors (Lipinski definition) is 3. The third kappa shape index (κ3) is 5.74. The van der Waals surface area contributed by atoms with Crippen LogP contribution in [0.5, 0.6) is 0 Å². The lowest BCUT2D eigenvalue weighted by molar-refractivity contribution is -0.119. The van der Waals surface area contributed by atoms with E-state index in [9.17, 15) is 9.59 Å². The van der Waals surface area contributed by atoms with Crippen molar-refractivity contribution in [1.29, 1.82) is 0 Å². The quantitative estimate of drug-likeness (QED) is 0.493. The molecule has 0 bridgehead atoms. The van der Waals surface area contributed by atoms with Gasteiger partial charge in [0.1, 0.15) is 12.1 Å². The molecular weight excluding hydrogens is 430 g/mol. The largest absolute Gasteiger partial charge is 0.378 e. The first kappa shape index (κ1) is 23.2. The Morgan fingerprint density at radius 2 is 2.00 bits per heavy atom. The van der Waals surface area contributed by atoms with Crippen molar-refractivity contribution < 1.29 is 14.3 Å². The minimum Gasteiger partial charge on any atom is -0.378 e. The van der Waals surface area contributed by atoms with Crippen LogP contribution >= 0.6 is 0 Å². The Kier molecular flexibility index (Phi) is 7.37. The van der Waals surface area contributed by atoms with E-state index in [1.54, 1.807) is 0 Å². The number of hydrogen-bond acceptors (Lipinski definition) is 6. The summed E-state index contributed by atoms with van der Waals surface area (Å²) in [6, 6.07) is 12.2. The van der Waals surface area contributed by atoms with Crippen LogP contribution in [-0.4, -0.2) is 59.8 Å². The van der Waals surface area contributed by atoms with Gasteiger partial charge in [0.2, 0.25) is 11.8 Å². The molecule has 3 heterocycles. The van der Waals surface area contributed by atoms with E-state index in [0.717, 1.165) is 69.0 Å². The maximum atomic E-state index is 12.2. The van der Waals surface area contributed by atoms with Crippen LogP contribution in [0.3, 0.4) is 0 Å². The van der Waals surface area contributed by atoms with Crippen LogP contribution < -0.4 is 16.0 Å². The van der Waals surface area contributed by atoms with E-state index >= 15 is 0 Å². The van der Waals surface area contributed by atoms with Crippen molar-refractivity contribution >= 4 is 28.5 Å². The molecule has 3 aliphatic rings. The van der Waals surface area contributed by atoms with Crippen LogP contribution in [-0.2, 0) is 14.3 Å². The summed E-state index contributed by atoms with van der Waals surface area (Å²) < 4.78 is 6.19. The molecular formula is C26H35N5O3. The van der Waals surface area contributed by atoms with Gasteiger partial charge in [-0.05, 0) is 56.2 Å². The number of carbonyl (C=O) groups excluding carboxylic acids is 2. The lowest BCUT2D eigenvalue weighted by Crippen LogP contribution is -2.62. The zero-order valence-corrected chi connectivity index (χ0v) is 19.7. The molecule has 2 amide bonds. The standard InChI is InChI=1S/C26H35N5O3/c32-24(29-23-13-10-18-7-4-5-8-21(18)27-23)9-3-1-2-6-14-34-20-11-12-22-19(15-20)16-31-17-25(33)30-26(31)28-22/h4-5,7-8,10,13,19-20,22,26,28H,1-3,6,9,11-12,14-17H2,(H,30,33)(H,27,29,32). The molecule has 1 aromatic carbocycles. The average molecular weight is 466 g/mol. The lowest BCUT2D eigenvalue weighted by Gasteiger charge is -2.45. The topological polar surface area (TPSA) is 95.6 Å². The van der Waals surface area contributed by atoms with Crippen molar-refractivity contribution in [1.82, 2.24) is 20.5 Å². The summed E-state index contributed by atoms with van der Waals surface area (Å²) in [5, 5.41) is 10.6. The normalized spacial score (nSPS) is 26.6. The number of nitrogens with one attached hydrogen (secondary N) is 3. The van der Waals surface area contributed by atoms with Crippen molar-refractivity contribution in [2.45, 2.75) is 69.8 Å². The molecule has 5 rings (SSSR count). The van der Waals surface area contributed by atoms with E-state index in [1.165, 1.54) is 0 Å². The number of carbonyl (C=O) groups is 2. The molecule has 1 saturated carbocycles. The second-order valence-corrected chi connectivity index (χ2v) is 9.84. The molecule has 34 heavy (non-hydrogen) atoms. The van der Waals surface area contributed by atoms with Crippen molar-refractivity contribution in [3.63, 3.8) is 0 Å². The Balaban J connectivity index is 0.933. The third-order valence-corrected chi connectivity index (χ3v) is 7.30. The van der Waals surface area contributed by atoms with Gasteiger partial charge in [-0.2, -0.15) is 0 Å². The number of unbranched alkanes of at least 4 members (excludes halogenated alkanes) is 3. The van der Waals surface area contributed by atoms with E-state index in [4.69, 9.17) is 4.74 Å². The minimum atomic E-state index is 0.0222. The SMILES string of the molecule is O=C(CCCCCCOC1CCC2NC3NC(=O)CN3CC2C1)Nc1ccc2ccccc2n1. The third-order valence-electron chi connectivity index (χ3n) is 7.30. The highest BCUT2D eigenvalue weighted by Crippen LogP contribution is 2.31. The molecule has 4 atom stereocenters. The first-order valence-corrected chi connectivity index (χ1v) is 12.7. The summed E-state index contributed by atoms with van der Waals surface area (Å²) in [6.07, 6.45) is 8.13. The van der Waals surface area contributed by atoms with Gasteiger partial charge in [-0.1, -0.05) is 31.0 Å². The number of aromatic nitrogens is 1. The number of pyridine rings is 1. The number of amides is 2. The monoisotopic (exact) mass is 465 g/mol. The fraction of sp³-hybridized carbons (Fsp3) is 0.577. The van der Waals surface area contributed by atoms with Crippen LogP contribution in [0.1, 0.15) is 51.4 Å². The minimum absolute atomic E-state index is 0.0222. The highest BCUT2D eigenvalue weighted by atomic mass is 16.5.